The molecule has 13 N–H and O–H groups in total. The first-order chi connectivity index (χ1) is 35.6. The van der Waals surface area contributed by atoms with E-state index in [1.807, 2.05) is 6.92 Å². The van der Waals surface area contributed by atoms with Crippen LogP contribution in [0.25, 0.3) is 0 Å². The molecular formula is C53H86O23. The van der Waals surface area contributed by atoms with Crippen molar-refractivity contribution in [2.75, 3.05) is 26.4 Å². The summed E-state index contributed by atoms with van der Waals surface area (Å²) < 4.78 is 56.2. The van der Waals surface area contributed by atoms with E-state index in [1.54, 1.807) is 0 Å². The number of fused-ring (bicyclic) bond motifs is 4. The number of aliphatic hydroxyl groups excluding tert-OH is 12. The molecule has 1 spiro atoms. The Balaban J connectivity index is 0.903. The minimum Gasteiger partial charge on any atom is -0.481 e. The maximum atomic E-state index is 12.8. The van der Waals surface area contributed by atoms with Crippen molar-refractivity contribution in [3.63, 3.8) is 0 Å². The number of carboxylic acid groups (broad SMARTS) is 1. The molecule has 0 aromatic carbocycles. The molecule has 5 saturated carbocycles. The van der Waals surface area contributed by atoms with Crippen molar-refractivity contribution in [2.45, 2.75) is 247 Å². The summed E-state index contributed by atoms with van der Waals surface area (Å²) in [7, 11) is 0. The number of carbonyl (C=O) groups is 1. The van der Waals surface area contributed by atoms with Crippen LogP contribution in [0, 0.1) is 50.2 Å². The van der Waals surface area contributed by atoms with Gasteiger partial charge in [-0.25, -0.2) is 0 Å². The SMILES string of the molecule is C[C@@H]1O[C@@H](O[C@H]2[C@H](O[C@H]3CO[C@@H](O[C@H]4CC[C@]5(C)[C@H]6CC[C@]78OC[C@@]9(CC[C@](C)(C(=O)O)CC97)[C@H](O)C[C@@]8(C)[C@]6(C)CC[C@H]5C4(C)C)[C@H](O[C@@H]4O[C@H](CO)[C@@H](O)[C@H](O)[C@H]4O)[C@H]3O)O[C@H](CO)[C@@H](O)[C@@H]2O)[C@H](O)[C@H](O)[C@H]1O. The third-order valence-corrected chi connectivity index (χ3v) is 22.5. The summed E-state index contributed by atoms with van der Waals surface area (Å²) >= 11 is 0. The first kappa shape index (κ1) is 57.8. The van der Waals surface area contributed by atoms with Crippen LogP contribution in [0.5, 0.6) is 0 Å². The molecule has 2 bridgehead atoms. The van der Waals surface area contributed by atoms with Gasteiger partial charge in [0.25, 0.3) is 0 Å². The molecule has 30 atom stereocenters. The van der Waals surface area contributed by atoms with Crippen molar-refractivity contribution in [1.29, 1.82) is 0 Å². The molecule has 23 nitrogen and oxygen atoms in total. The molecular weight excluding hydrogens is 1000 g/mol. The van der Waals surface area contributed by atoms with Crippen LogP contribution in [0.4, 0.5) is 0 Å². The summed E-state index contributed by atoms with van der Waals surface area (Å²) in [6.45, 7) is 13.1. The first-order valence-electron chi connectivity index (χ1n) is 27.7. The summed E-state index contributed by atoms with van der Waals surface area (Å²) in [5, 5.41) is 142. The molecule has 0 aromatic heterocycles. The van der Waals surface area contributed by atoms with E-state index in [2.05, 4.69) is 34.6 Å². The van der Waals surface area contributed by atoms with Crippen LogP contribution in [-0.4, -0.2) is 233 Å². The molecule has 5 heterocycles. The number of hydrogen-bond acceptors (Lipinski definition) is 22. The van der Waals surface area contributed by atoms with Gasteiger partial charge in [-0.2, -0.15) is 0 Å². The second kappa shape index (κ2) is 20.2. The molecule has 0 radical (unpaired) electrons. The average molecular weight is 1090 g/mol. The van der Waals surface area contributed by atoms with Crippen LogP contribution in [0.2, 0.25) is 0 Å². The highest BCUT2D eigenvalue weighted by Crippen LogP contribution is 2.80. The molecule has 0 amide bonds. The van der Waals surface area contributed by atoms with E-state index in [1.165, 1.54) is 6.92 Å². The van der Waals surface area contributed by atoms with Crippen LogP contribution in [0.3, 0.4) is 0 Å². The van der Waals surface area contributed by atoms with E-state index in [0.717, 1.165) is 32.1 Å². The molecule has 10 aliphatic rings. The smallest absolute Gasteiger partial charge is 0.309 e. The van der Waals surface area contributed by atoms with Crippen molar-refractivity contribution in [2.24, 2.45) is 50.2 Å². The second-order valence-corrected chi connectivity index (χ2v) is 26.3. The highest BCUT2D eigenvalue weighted by molar-refractivity contribution is 5.74. The van der Waals surface area contributed by atoms with Gasteiger partial charge >= 0.3 is 5.97 Å². The van der Waals surface area contributed by atoms with Crippen LogP contribution < -0.4 is 0 Å². The lowest BCUT2D eigenvalue weighted by molar-refractivity contribution is -0.394. The summed E-state index contributed by atoms with van der Waals surface area (Å²) in [4.78, 5) is 12.8. The monoisotopic (exact) mass is 1090 g/mol. The van der Waals surface area contributed by atoms with Gasteiger partial charge in [0, 0.05) is 10.8 Å². The zero-order chi connectivity index (χ0) is 55.2. The molecule has 1 unspecified atom stereocenters. The summed E-state index contributed by atoms with van der Waals surface area (Å²) in [6.07, 6.45) is -25.8. The number of carboxylic acids is 1. The van der Waals surface area contributed by atoms with Gasteiger partial charge in [-0.15, -0.1) is 0 Å². The van der Waals surface area contributed by atoms with Crippen LogP contribution in [-0.2, 0) is 47.4 Å². The lowest BCUT2D eigenvalue weighted by Crippen LogP contribution is -2.74. The highest BCUT2D eigenvalue weighted by Gasteiger charge is 2.80. The van der Waals surface area contributed by atoms with Gasteiger partial charge in [-0.05, 0) is 112 Å². The fourth-order valence-electron chi connectivity index (χ4n) is 17.7. The molecule has 23 heteroatoms. The number of hydrogen-bond donors (Lipinski definition) is 13. The van der Waals surface area contributed by atoms with Gasteiger partial charge in [0.15, 0.2) is 25.2 Å². The predicted octanol–water partition coefficient (Wildman–Crippen LogP) is -1.62. The van der Waals surface area contributed by atoms with Gasteiger partial charge in [0.2, 0.25) is 0 Å². The Morgan fingerprint density at radius 2 is 1.16 bits per heavy atom. The van der Waals surface area contributed by atoms with E-state index in [-0.39, 0.29) is 28.6 Å². The Morgan fingerprint density at radius 1 is 0.566 bits per heavy atom. The van der Waals surface area contributed by atoms with Crippen molar-refractivity contribution in [3.8, 4) is 0 Å². The second-order valence-electron chi connectivity index (χ2n) is 26.3. The zero-order valence-electron chi connectivity index (χ0n) is 44.7. The summed E-state index contributed by atoms with van der Waals surface area (Å²) in [5.41, 5.74) is -3.49. The molecule has 76 heavy (non-hydrogen) atoms. The number of aliphatic carboxylic acids is 1. The van der Waals surface area contributed by atoms with Crippen molar-refractivity contribution in [3.05, 3.63) is 0 Å². The Labute approximate surface area is 442 Å². The third-order valence-electron chi connectivity index (χ3n) is 22.5. The number of rotatable bonds is 11. The van der Waals surface area contributed by atoms with E-state index in [4.69, 9.17) is 42.6 Å². The molecule has 10 rings (SSSR count). The van der Waals surface area contributed by atoms with Crippen molar-refractivity contribution >= 4 is 5.97 Å². The fraction of sp³-hybridized carbons (Fsp3) is 0.981. The Bertz CT molecular complexity index is 2100. The van der Waals surface area contributed by atoms with Crippen LogP contribution in [0.15, 0.2) is 0 Å². The van der Waals surface area contributed by atoms with Gasteiger partial charge in [0.1, 0.15) is 85.5 Å². The topological polar surface area (TPSA) is 363 Å². The first-order valence-corrected chi connectivity index (χ1v) is 27.7. The highest BCUT2D eigenvalue weighted by atomic mass is 16.8. The molecule has 5 aliphatic carbocycles. The quantitative estimate of drug-likeness (QED) is 0.103. The third kappa shape index (κ3) is 8.48. The van der Waals surface area contributed by atoms with Crippen molar-refractivity contribution in [1.82, 2.24) is 0 Å². The summed E-state index contributed by atoms with van der Waals surface area (Å²) in [6, 6.07) is 0. The maximum Gasteiger partial charge on any atom is 0.309 e. The lowest BCUT2D eigenvalue weighted by Gasteiger charge is -2.75. The standard InChI is InChI=1S/C53H86O23/c1-22-31(57)35(61)38(64)42(70-22)76-41-37(63)33(59)24(19-55)72-45(41)73-25-20-68-44(40(34(25)60)75-43-39(65)36(62)32(58)23(18-54)71-43)74-30-10-11-49(5)26(47(30,2)3)8-12-50(6)27(49)9-13-53-28-16-48(4,46(66)67)14-15-52(28,21-69-53)29(56)17-51(50,53)7/h22-45,54-65H,8-21H2,1-7H3,(H,66,67)/t22-,23+,24+,25-,26-,27+,28?,29+,30-,31-,32+,33+,34-,35+,36-,37-,38+,39+,40+,41+,42-,43-,44-,45-,48-,49-,50+,51-,52+,53-/m0/s1. The molecule has 0 aromatic rings. The summed E-state index contributed by atoms with van der Waals surface area (Å²) in [5.74, 6) is -0.605. The Kier molecular flexibility index (Phi) is 15.4. The normalized spacial score (nSPS) is 57.9. The minimum atomic E-state index is -1.90. The van der Waals surface area contributed by atoms with E-state index in [0.29, 0.717) is 38.7 Å². The Hall–Kier alpha value is -1.37. The van der Waals surface area contributed by atoms with Gasteiger partial charge in [-0.3, -0.25) is 4.79 Å². The van der Waals surface area contributed by atoms with Gasteiger partial charge < -0.3 is 109 Å². The largest absolute Gasteiger partial charge is 0.481 e. The molecule has 10 fully saturated rings. The van der Waals surface area contributed by atoms with Crippen molar-refractivity contribution < 1.29 is 114 Å². The molecule has 5 aliphatic heterocycles. The zero-order valence-corrected chi connectivity index (χ0v) is 44.7. The van der Waals surface area contributed by atoms with E-state index in [9.17, 15) is 71.2 Å². The van der Waals surface area contributed by atoms with E-state index >= 15 is 0 Å². The van der Waals surface area contributed by atoms with Gasteiger partial charge in [0.05, 0.1) is 55.8 Å². The fourth-order valence-corrected chi connectivity index (χ4v) is 17.7. The maximum absolute atomic E-state index is 12.8. The van der Waals surface area contributed by atoms with E-state index < -0.39 is 182 Å². The number of aliphatic hydroxyl groups is 12. The van der Waals surface area contributed by atoms with Crippen LogP contribution in [0.1, 0.15) is 113 Å². The predicted molar refractivity (Wildman–Crippen MR) is 257 cm³/mol. The molecule has 5 saturated heterocycles. The lowest BCUT2D eigenvalue weighted by atomic mass is 9.30. The van der Waals surface area contributed by atoms with Gasteiger partial charge in [-0.1, -0.05) is 34.6 Å². The minimum absolute atomic E-state index is 0.0895. The number of ether oxygens (including phenoxy) is 9. The van der Waals surface area contributed by atoms with Crippen LogP contribution >= 0.6 is 0 Å². The molecule has 436 valence electrons. The Morgan fingerprint density at radius 3 is 1.80 bits per heavy atom. The average Bonchev–Trinajstić information content (AvgIpc) is 3.87.